The fraction of sp³-hybridized carbons (Fsp3) is 0.654. The molecule has 1 aromatic carbocycles. The van der Waals surface area contributed by atoms with Crippen molar-refractivity contribution in [3.63, 3.8) is 0 Å². The van der Waals surface area contributed by atoms with Gasteiger partial charge in [0.25, 0.3) is 5.91 Å². The highest BCUT2D eigenvalue weighted by Gasteiger charge is 2.39. The lowest BCUT2D eigenvalue weighted by Crippen LogP contribution is -2.54. The van der Waals surface area contributed by atoms with E-state index < -0.39 is 0 Å². The molecule has 1 aliphatic carbocycles. The Labute approximate surface area is 206 Å². The van der Waals surface area contributed by atoms with Crippen LogP contribution in [0.4, 0.5) is 5.69 Å². The number of fused-ring (bicyclic) bond motifs is 2. The van der Waals surface area contributed by atoms with E-state index >= 15 is 0 Å². The molecule has 1 aromatic rings. The van der Waals surface area contributed by atoms with Gasteiger partial charge in [0.15, 0.2) is 0 Å². The highest BCUT2D eigenvalue weighted by atomic mass is 16.5. The first kappa shape index (κ1) is 24.1. The minimum atomic E-state index is -0.297. The summed E-state index contributed by atoms with van der Waals surface area (Å²) >= 11 is 0. The van der Waals surface area contributed by atoms with Crippen molar-refractivity contribution in [3.05, 3.63) is 23.8 Å². The standard InChI is InChI=1S/C26H36N4O5/c1-28-10-12-30(13-11-28)24(31)15-19-7-8-21-23(35-19)16-34-22-9-6-18(14-20(22)26(33)29(21)2)27-25(32)17-4-3-5-17/h6,9,14,17,19,21,23H,3-5,7-8,10-13,15-16H2,1-2H3,(H,27,32)/t19-,21+,23+/m0/s1. The van der Waals surface area contributed by atoms with Crippen LogP contribution in [0.25, 0.3) is 0 Å². The van der Waals surface area contributed by atoms with Crippen LogP contribution in [0.2, 0.25) is 0 Å². The Kier molecular flexibility index (Phi) is 6.98. The summed E-state index contributed by atoms with van der Waals surface area (Å²) < 4.78 is 12.4. The number of likely N-dealkylation sites (N-methyl/N-ethyl adjacent to an activating group) is 2. The Morgan fingerprint density at radius 3 is 2.54 bits per heavy atom. The van der Waals surface area contributed by atoms with Gasteiger partial charge in [0.2, 0.25) is 11.8 Å². The minimum Gasteiger partial charge on any atom is -0.490 e. The number of ether oxygens (including phenoxy) is 2. The van der Waals surface area contributed by atoms with Gasteiger partial charge in [0, 0.05) is 44.8 Å². The zero-order valence-electron chi connectivity index (χ0n) is 20.7. The first-order chi connectivity index (χ1) is 16.9. The number of hydrogen-bond acceptors (Lipinski definition) is 6. The third-order valence-electron chi connectivity index (χ3n) is 8.01. The Morgan fingerprint density at radius 2 is 1.83 bits per heavy atom. The van der Waals surface area contributed by atoms with Crippen molar-refractivity contribution in [3.8, 4) is 5.75 Å². The highest BCUT2D eigenvalue weighted by molar-refractivity contribution is 6.00. The third kappa shape index (κ3) is 5.16. The van der Waals surface area contributed by atoms with Gasteiger partial charge in [-0.3, -0.25) is 14.4 Å². The van der Waals surface area contributed by atoms with Crippen LogP contribution < -0.4 is 10.1 Å². The van der Waals surface area contributed by atoms with Gasteiger partial charge in [-0.25, -0.2) is 0 Å². The van der Waals surface area contributed by atoms with Crippen molar-refractivity contribution in [2.24, 2.45) is 5.92 Å². The fourth-order valence-corrected chi connectivity index (χ4v) is 5.40. The second-order valence-electron chi connectivity index (χ2n) is 10.4. The first-order valence-corrected chi connectivity index (χ1v) is 12.9. The predicted octanol–water partition coefficient (Wildman–Crippen LogP) is 1.97. The van der Waals surface area contributed by atoms with Gasteiger partial charge in [0.05, 0.1) is 24.1 Å². The summed E-state index contributed by atoms with van der Waals surface area (Å²) in [5.74, 6) is 0.565. The first-order valence-electron chi connectivity index (χ1n) is 12.9. The van der Waals surface area contributed by atoms with Gasteiger partial charge < -0.3 is 29.5 Å². The van der Waals surface area contributed by atoms with E-state index in [1.165, 1.54) is 0 Å². The SMILES string of the molecule is CN1CCN(C(=O)C[C@@H]2CC[C@@H]3[C@@H](COc4ccc(NC(=O)C5CCC5)cc4C(=O)N3C)O2)CC1. The molecule has 1 saturated carbocycles. The van der Waals surface area contributed by atoms with Crippen molar-refractivity contribution in [2.75, 3.05) is 52.2 Å². The largest absolute Gasteiger partial charge is 0.490 e. The highest BCUT2D eigenvalue weighted by Crippen LogP contribution is 2.33. The van der Waals surface area contributed by atoms with Crippen molar-refractivity contribution in [1.29, 1.82) is 0 Å². The lowest BCUT2D eigenvalue weighted by atomic mass is 9.85. The summed E-state index contributed by atoms with van der Waals surface area (Å²) in [6, 6.07) is 5.11. The Bertz CT molecular complexity index is 972. The van der Waals surface area contributed by atoms with Crippen LogP contribution in [0.3, 0.4) is 0 Å². The van der Waals surface area contributed by atoms with Gasteiger partial charge >= 0.3 is 0 Å². The average Bonchev–Trinajstić information content (AvgIpc) is 2.81. The number of hydrogen-bond donors (Lipinski definition) is 1. The van der Waals surface area contributed by atoms with Crippen molar-refractivity contribution >= 4 is 23.4 Å². The summed E-state index contributed by atoms with van der Waals surface area (Å²) in [7, 11) is 3.87. The number of anilines is 1. The van der Waals surface area contributed by atoms with Gasteiger partial charge in [0.1, 0.15) is 18.5 Å². The van der Waals surface area contributed by atoms with E-state index in [0.29, 0.717) is 30.0 Å². The zero-order chi connectivity index (χ0) is 24.5. The van der Waals surface area contributed by atoms with Gasteiger partial charge in [-0.2, -0.15) is 0 Å². The van der Waals surface area contributed by atoms with Gasteiger partial charge in [-0.05, 0) is 50.9 Å². The van der Waals surface area contributed by atoms with Crippen LogP contribution in [0, 0.1) is 5.92 Å². The average molecular weight is 485 g/mol. The minimum absolute atomic E-state index is 0.0154. The molecule has 3 heterocycles. The molecule has 0 spiro atoms. The number of carbonyl (C=O) groups excluding carboxylic acids is 3. The fourth-order valence-electron chi connectivity index (χ4n) is 5.40. The van der Waals surface area contributed by atoms with E-state index in [1.807, 2.05) is 4.90 Å². The Hall–Kier alpha value is -2.65. The molecule has 3 amide bonds. The quantitative estimate of drug-likeness (QED) is 0.703. The summed E-state index contributed by atoms with van der Waals surface area (Å²) in [6.45, 7) is 3.62. The number of carbonyl (C=O) groups is 3. The summed E-state index contributed by atoms with van der Waals surface area (Å²) in [5, 5.41) is 2.95. The Morgan fingerprint density at radius 1 is 1.06 bits per heavy atom. The molecular weight excluding hydrogens is 448 g/mol. The van der Waals surface area contributed by atoms with Gasteiger partial charge in [-0.15, -0.1) is 0 Å². The van der Waals surface area contributed by atoms with Crippen LogP contribution in [-0.2, 0) is 14.3 Å². The molecule has 35 heavy (non-hydrogen) atoms. The predicted molar refractivity (Wildman–Crippen MR) is 130 cm³/mol. The number of nitrogens with zero attached hydrogens (tertiary/aromatic N) is 3. The van der Waals surface area contributed by atoms with E-state index in [-0.39, 0.29) is 41.9 Å². The second kappa shape index (κ2) is 10.1. The monoisotopic (exact) mass is 484 g/mol. The van der Waals surface area contributed by atoms with E-state index in [1.54, 1.807) is 30.1 Å². The van der Waals surface area contributed by atoms with Gasteiger partial charge in [-0.1, -0.05) is 6.42 Å². The second-order valence-corrected chi connectivity index (χ2v) is 10.4. The number of nitrogens with one attached hydrogen (secondary N) is 1. The van der Waals surface area contributed by atoms with Crippen molar-refractivity contribution < 1.29 is 23.9 Å². The molecule has 0 bridgehead atoms. The molecule has 0 radical (unpaired) electrons. The number of piperazine rings is 1. The van der Waals surface area contributed by atoms with E-state index in [4.69, 9.17) is 9.47 Å². The van der Waals surface area contributed by atoms with Crippen LogP contribution >= 0.6 is 0 Å². The van der Waals surface area contributed by atoms with Crippen LogP contribution in [-0.4, -0.2) is 97.6 Å². The van der Waals surface area contributed by atoms with Crippen LogP contribution in [0.5, 0.6) is 5.75 Å². The molecule has 3 aliphatic heterocycles. The maximum atomic E-state index is 13.4. The summed E-state index contributed by atoms with van der Waals surface area (Å²) in [5.41, 5.74) is 1.07. The molecular formula is C26H36N4O5. The molecule has 2 saturated heterocycles. The number of rotatable bonds is 4. The molecule has 3 fully saturated rings. The van der Waals surface area contributed by atoms with Crippen molar-refractivity contribution in [2.45, 2.75) is 56.8 Å². The lowest BCUT2D eigenvalue weighted by Gasteiger charge is -2.42. The normalized spacial score (nSPS) is 27.6. The molecule has 9 nitrogen and oxygen atoms in total. The molecule has 0 unspecified atom stereocenters. The van der Waals surface area contributed by atoms with E-state index in [0.717, 1.165) is 58.3 Å². The molecule has 1 N–H and O–H groups in total. The maximum absolute atomic E-state index is 13.4. The van der Waals surface area contributed by atoms with Crippen molar-refractivity contribution in [1.82, 2.24) is 14.7 Å². The number of amides is 3. The molecule has 5 rings (SSSR count). The van der Waals surface area contributed by atoms with Crippen LogP contribution in [0.1, 0.15) is 48.9 Å². The van der Waals surface area contributed by atoms with E-state index in [9.17, 15) is 14.4 Å². The summed E-state index contributed by atoms with van der Waals surface area (Å²) in [4.78, 5) is 44.5. The van der Waals surface area contributed by atoms with Crippen LogP contribution in [0.15, 0.2) is 18.2 Å². The topological polar surface area (TPSA) is 91.4 Å². The number of benzene rings is 1. The Balaban J connectivity index is 1.23. The zero-order valence-corrected chi connectivity index (χ0v) is 20.7. The molecule has 190 valence electrons. The molecule has 0 aromatic heterocycles. The molecule has 4 aliphatic rings. The van der Waals surface area contributed by atoms with E-state index in [2.05, 4.69) is 17.3 Å². The smallest absolute Gasteiger partial charge is 0.257 e. The maximum Gasteiger partial charge on any atom is 0.257 e. The lowest BCUT2D eigenvalue weighted by molar-refractivity contribution is -0.144. The summed E-state index contributed by atoms with van der Waals surface area (Å²) in [6.07, 6.45) is 4.32. The molecule has 3 atom stereocenters. The molecule has 9 heteroatoms. The third-order valence-corrected chi connectivity index (χ3v) is 8.01.